The van der Waals surface area contributed by atoms with Gasteiger partial charge in [0.2, 0.25) is 5.91 Å². The third kappa shape index (κ3) is 5.27. The van der Waals surface area contributed by atoms with Gasteiger partial charge in [0.15, 0.2) is 11.5 Å². The summed E-state index contributed by atoms with van der Waals surface area (Å²) in [5.41, 5.74) is 6.35. The van der Waals surface area contributed by atoms with Gasteiger partial charge in [0.25, 0.3) is 0 Å². The SMILES string of the molecule is COc1ccc(C(C)NC(=O)CCCN)cc1OC.Cl. The maximum Gasteiger partial charge on any atom is 0.220 e. The number of halogens is 1. The zero-order valence-electron chi connectivity index (χ0n) is 12.1. The highest BCUT2D eigenvalue weighted by Gasteiger charge is 2.12. The molecule has 0 heterocycles. The van der Waals surface area contributed by atoms with Gasteiger partial charge < -0.3 is 20.5 Å². The smallest absolute Gasteiger partial charge is 0.220 e. The lowest BCUT2D eigenvalue weighted by molar-refractivity contribution is -0.121. The zero-order chi connectivity index (χ0) is 14.3. The van der Waals surface area contributed by atoms with Crippen LogP contribution in [0.3, 0.4) is 0 Å². The van der Waals surface area contributed by atoms with Gasteiger partial charge in [0.1, 0.15) is 0 Å². The summed E-state index contributed by atoms with van der Waals surface area (Å²) in [4.78, 5) is 11.6. The van der Waals surface area contributed by atoms with Crippen LogP contribution in [0.25, 0.3) is 0 Å². The molecule has 0 spiro atoms. The standard InChI is InChI=1S/C14H22N2O3.ClH/c1-10(16-14(17)5-4-8-15)11-6-7-12(18-2)13(9-11)19-3;/h6-7,9-10H,4-5,8,15H2,1-3H3,(H,16,17);1H. The summed E-state index contributed by atoms with van der Waals surface area (Å²) in [5.74, 6) is 1.34. The number of nitrogens with one attached hydrogen (secondary N) is 1. The lowest BCUT2D eigenvalue weighted by atomic mass is 10.1. The van der Waals surface area contributed by atoms with Crippen LogP contribution in [0.5, 0.6) is 11.5 Å². The lowest BCUT2D eigenvalue weighted by Gasteiger charge is -2.16. The van der Waals surface area contributed by atoms with Crippen LogP contribution in [0.15, 0.2) is 18.2 Å². The molecule has 6 heteroatoms. The molecule has 1 unspecified atom stereocenters. The van der Waals surface area contributed by atoms with Crippen molar-refractivity contribution in [1.82, 2.24) is 5.32 Å². The Hall–Kier alpha value is -1.46. The molecule has 1 aromatic rings. The molecule has 5 nitrogen and oxygen atoms in total. The average Bonchev–Trinajstić information content (AvgIpc) is 2.44. The third-order valence-corrected chi connectivity index (χ3v) is 2.89. The second-order valence-electron chi connectivity index (χ2n) is 4.30. The van der Waals surface area contributed by atoms with E-state index in [9.17, 15) is 4.79 Å². The molecule has 0 fully saturated rings. The van der Waals surface area contributed by atoms with Crippen LogP contribution in [-0.4, -0.2) is 26.7 Å². The maximum absolute atomic E-state index is 11.6. The second-order valence-corrected chi connectivity index (χ2v) is 4.30. The van der Waals surface area contributed by atoms with E-state index in [4.69, 9.17) is 15.2 Å². The number of benzene rings is 1. The number of ether oxygens (including phenoxy) is 2. The first kappa shape index (κ1) is 18.5. The number of hydrogen-bond donors (Lipinski definition) is 2. The molecule has 114 valence electrons. The van der Waals surface area contributed by atoms with Crippen LogP contribution >= 0.6 is 12.4 Å². The number of hydrogen-bond acceptors (Lipinski definition) is 4. The van der Waals surface area contributed by atoms with E-state index in [1.165, 1.54) is 0 Å². The second kappa shape index (κ2) is 9.44. The monoisotopic (exact) mass is 302 g/mol. The number of nitrogens with two attached hydrogens (primary N) is 1. The average molecular weight is 303 g/mol. The van der Waals surface area contributed by atoms with Crippen LogP contribution in [0.2, 0.25) is 0 Å². The minimum absolute atomic E-state index is 0. The molecule has 1 amide bonds. The molecular weight excluding hydrogens is 280 g/mol. The highest BCUT2D eigenvalue weighted by molar-refractivity contribution is 5.85. The molecule has 1 rings (SSSR count). The molecule has 1 atom stereocenters. The Morgan fingerprint density at radius 2 is 1.95 bits per heavy atom. The highest BCUT2D eigenvalue weighted by Crippen LogP contribution is 2.29. The molecular formula is C14H23ClN2O3. The fraction of sp³-hybridized carbons (Fsp3) is 0.500. The van der Waals surface area contributed by atoms with Crippen molar-refractivity contribution in [3.8, 4) is 11.5 Å². The Morgan fingerprint density at radius 3 is 2.50 bits per heavy atom. The van der Waals surface area contributed by atoms with Gasteiger partial charge in [-0.1, -0.05) is 6.07 Å². The van der Waals surface area contributed by atoms with Crippen molar-refractivity contribution < 1.29 is 14.3 Å². The predicted molar refractivity (Wildman–Crippen MR) is 81.6 cm³/mol. The van der Waals surface area contributed by atoms with Crippen molar-refractivity contribution in [3.63, 3.8) is 0 Å². The Labute approximate surface area is 126 Å². The Bertz CT molecular complexity index is 427. The molecule has 0 aliphatic rings. The van der Waals surface area contributed by atoms with E-state index in [1.807, 2.05) is 25.1 Å². The first-order valence-electron chi connectivity index (χ1n) is 6.33. The number of methoxy groups -OCH3 is 2. The van der Waals surface area contributed by atoms with Crippen LogP contribution in [0.4, 0.5) is 0 Å². The van der Waals surface area contributed by atoms with E-state index in [1.54, 1.807) is 14.2 Å². The van der Waals surface area contributed by atoms with Gasteiger partial charge in [0.05, 0.1) is 20.3 Å². The molecule has 3 N–H and O–H groups in total. The van der Waals surface area contributed by atoms with Gasteiger partial charge in [-0.2, -0.15) is 0 Å². The number of carbonyl (C=O) groups is 1. The molecule has 0 saturated heterocycles. The Morgan fingerprint density at radius 1 is 1.30 bits per heavy atom. The fourth-order valence-electron chi connectivity index (χ4n) is 1.78. The van der Waals surface area contributed by atoms with Crippen LogP contribution < -0.4 is 20.5 Å². The van der Waals surface area contributed by atoms with E-state index in [0.29, 0.717) is 30.9 Å². The first-order chi connectivity index (χ1) is 9.12. The fourth-order valence-corrected chi connectivity index (χ4v) is 1.78. The summed E-state index contributed by atoms with van der Waals surface area (Å²) in [5, 5.41) is 2.93. The normalized spacial score (nSPS) is 11.2. The summed E-state index contributed by atoms with van der Waals surface area (Å²) >= 11 is 0. The highest BCUT2D eigenvalue weighted by atomic mass is 35.5. The molecule has 1 aromatic carbocycles. The summed E-state index contributed by atoms with van der Waals surface area (Å²) < 4.78 is 10.4. The van der Waals surface area contributed by atoms with E-state index < -0.39 is 0 Å². The van der Waals surface area contributed by atoms with Gasteiger partial charge in [0, 0.05) is 6.42 Å². The van der Waals surface area contributed by atoms with Crippen molar-refractivity contribution >= 4 is 18.3 Å². The van der Waals surface area contributed by atoms with Crippen molar-refractivity contribution in [2.75, 3.05) is 20.8 Å². The number of amides is 1. The molecule has 0 radical (unpaired) electrons. The maximum atomic E-state index is 11.6. The quantitative estimate of drug-likeness (QED) is 0.808. The Kier molecular flexibility index (Phi) is 8.76. The third-order valence-electron chi connectivity index (χ3n) is 2.89. The van der Waals surface area contributed by atoms with Crippen LogP contribution in [0, 0.1) is 0 Å². The molecule has 0 aromatic heterocycles. The van der Waals surface area contributed by atoms with Crippen molar-refractivity contribution in [2.45, 2.75) is 25.8 Å². The topological polar surface area (TPSA) is 73.6 Å². The van der Waals surface area contributed by atoms with Crippen LogP contribution in [0.1, 0.15) is 31.4 Å². The van der Waals surface area contributed by atoms with Crippen molar-refractivity contribution in [1.29, 1.82) is 0 Å². The minimum atomic E-state index is -0.0786. The van der Waals surface area contributed by atoms with Gasteiger partial charge in [-0.25, -0.2) is 0 Å². The number of rotatable bonds is 7. The van der Waals surface area contributed by atoms with E-state index in [2.05, 4.69) is 5.32 Å². The summed E-state index contributed by atoms with van der Waals surface area (Å²) in [6.45, 7) is 2.46. The van der Waals surface area contributed by atoms with E-state index in [0.717, 1.165) is 5.56 Å². The molecule has 0 saturated carbocycles. The predicted octanol–water partition coefficient (Wildman–Crippen LogP) is 2.04. The summed E-state index contributed by atoms with van der Waals surface area (Å²) in [7, 11) is 3.18. The zero-order valence-corrected chi connectivity index (χ0v) is 13.0. The van der Waals surface area contributed by atoms with Crippen LogP contribution in [-0.2, 0) is 4.79 Å². The van der Waals surface area contributed by atoms with Gasteiger partial charge >= 0.3 is 0 Å². The van der Waals surface area contributed by atoms with Crippen molar-refractivity contribution in [2.24, 2.45) is 5.73 Å². The summed E-state index contributed by atoms with van der Waals surface area (Å²) in [6, 6.07) is 5.53. The molecule has 0 bridgehead atoms. The largest absolute Gasteiger partial charge is 0.493 e. The lowest BCUT2D eigenvalue weighted by Crippen LogP contribution is -2.26. The van der Waals surface area contributed by atoms with Gasteiger partial charge in [-0.05, 0) is 37.6 Å². The van der Waals surface area contributed by atoms with E-state index >= 15 is 0 Å². The molecule has 20 heavy (non-hydrogen) atoms. The Balaban J connectivity index is 0.00000361. The molecule has 0 aliphatic carbocycles. The van der Waals surface area contributed by atoms with Gasteiger partial charge in [-0.15, -0.1) is 12.4 Å². The van der Waals surface area contributed by atoms with E-state index in [-0.39, 0.29) is 24.4 Å². The summed E-state index contributed by atoms with van der Waals surface area (Å²) in [6.07, 6.45) is 1.15. The first-order valence-corrected chi connectivity index (χ1v) is 6.33. The minimum Gasteiger partial charge on any atom is -0.493 e. The van der Waals surface area contributed by atoms with Crippen molar-refractivity contribution in [3.05, 3.63) is 23.8 Å². The number of carbonyl (C=O) groups excluding carboxylic acids is 1. The van der Waals surface area contributed by atoms with Gasteiger partial charge in [-0.3, -0.25) is 4.79 Å². The molecule has 0 aliphatic heterocycles.